The van der Waals surface area contributed by atoms with Gasteiger partial charge in [0.1, 0.15) is 11.5 Å². The van der Waals surface area contributed by atoms with Crippen molar-refractivity contribution in [3.63, 3.8) is 0 Å². The summed E-state index contributed by atoms with van der Waals surface area (Å²) >= 11 is 0.593. The number of hydrogen-bond acceptors (Lipinski definition) is 4. The van der Waals surface area contributed by atoms with Crippen LogP contribution >= 0.6 is 11.8 Å². The molecule has 0 unspecified atom stereocenters. The number of nitrogens with zero attached hydrogens (tertiary/aromatic N) is 1. The van der Waals surface area contributed by atoms with Crippen molar-refractivity contribution in [2.75, 3.05) is 26.2 Å². The lowest BCUT2D eigenvalue weighted by Gasteiger charge is -2.19. The quantitative estimate of drug-likeness (QED) is 0.740. The highest BCUT2D eigenvalue weighted by Crippen LogP contribution is 2.21. The average molecular weight is 318 g/mol. The van der Waals surface area contributed by atoms with Crippen molar-refractivity contribution in [1.29, 1.82) is 0 Å². The second-order valence-corrected chi connectivity index (χ2v) is 6.35. The highest BCUT2D eigenvalue weighted by atomic mass is 32.2. The van der Waals surface area contributed by atoms with E-state index in [-0.39, 0.29) is 5.75 Å². The van der Waals surface area contributed by atoms with E-state index in [9.17, 15) is 8.78 Å². The van der Waals surface area contributed by atoms with Crippen molar-refractivity contribution < 1.29 is 13.2 Å². The fourth-order valence-electron chi connectivity index (χ4n) is 2.55. The lowest BCUT2D eigenvalue weighted by Crippen LogP contribution is -2.32. The van der Waals surface area contributed by atoms with Crippen LogP contribution < -0.4 is 5.32 Å². The monoisotopic (exact) mass is 318 g/mol. The Kier molecular flexibility index (Phi) is 7.53. The Hall–Kier alpha value is -0.590. The van der Waals surface area contributed by atoms with E-state index >= 15 is 0 Å². The van der Waals surface area contributed by atoms with Gasteiger partial charge in [0.05, 0.1) is 12.3 Å². The third-order valence-electron chi connectivity index (χ3n) is 3.67. The molecule has 0 aromatic carbocycles. The Labute approximate surface area is 129 Å². The number of likely N-dealkylation sites (tertiary alicyclic amines) is 1. The first-order valence-corrected chi connectivity index (χ1v) is 8.69. The van der Waals surface area contributed by atoms with Gasteiger partial charge in [0.2, 0.25) is 0 Å². The van der Waals surface area contributed by atoms with Gasteiger partial charge in [-0.15, -0.1) is 0 Å². The minimum absolute atomic E-state index is 0.228. The van der Waals surface area contributed by atoms with Gasteiger partial charge >= 0.3 is 0 Å². The van der Waals surface area contributed by atoms with E-state index in [4.69, 9.17) is 4.42 Å². The highest BCUT2D eigenvalue weighted by molar-refractivity contribution is 7.98. The topological polar surface area (TPSA) is 28.4 Å². The van der Waals surface area contributed by atoms with Crippen LogP contribution in [0.15, 0.2) is 16.5 Å². The number of rotatable bonds is 8. The summed E-state index contributed by atoms with van der Waals surface area (Å²) in [6.45, 7) is 5.07. The molecule has 0 amide bonds. The van der Waals surface area contributed by atoms with E-state index in [0.29, 0.717) is 24.1 Å². The summed E-state index contributed by atoms with van der Waals surface area (Å²) < 4.78 is 29.7. The minimum atomic E-state index is -2.34. The molecule has 1 N–H and O–H groups in total. The van der Waals surface area contributed by atoms with E-state index in [1.54, 1.807) is 6.07 Å². The summed E-state index contributed by atoms with van der Waals surface area (Å²) in [5, 5.41) is 3.36. The van der Waals surface area contributed by atoms with Crippen molar-refractivity contribution in [1.82, 2.24) is 10.2 Å². The van der Waals surface area contributed by atoms with Gasteiger partial charge in [0, 0.05) is 13.1 Å². The molecule has 2 heterocycles. The van der Waals surface area contributed by atoms with Crippen LogP contribution in [0.2, 0.25) is 0 Å². The van der Waals surface area contributed by atoms with Crippen LogP contribution in [0.4, 0.5) is 8.78 Å². The van der Waals surface area contributed by atoms with Crippen molar-refractivity contribution in [3.05, 3.63) is 23.7 Å². The van der Waals surface area contributed by atoms with Gasteiger partial charge in [-0.25, -0.2) is 0 Å². The Bertz CT molecular complexity index is 393. The average Bonchev–Trinajstić information content (AvgIpc) is 2.75. The summed E-state index contributed by atoms with van der Waals surface area (Å²) in [6.07, 6.45) is 5.33. The maximum absolute atomic E-state index is 12.1. The van der Waals surface area contributed by atoms with Gasteiger partial charge in [-0.1, -0.05) is 24.6 Å². The Morgan fingerprint density at radius 2 is 1.86 bits per heavy atom. The number of alkyl halides is 2. The third kappa shape index (κ3) is 6.80. The molecule has 1 aliphatic rings. The summed E-state index contributed by atoms with van der Waals surface area (Å²) in [5.74, 6) is -0.684. The molecule has 0 atom stereocenters. The number of nitrogens with one attached hydrogen (secondary N) is 1. The summed E-state index contributed by atoms with van der Waals surface area (Å²) in [7, 11) is 0. The van der Waals surface area contributed by atoms with Gasteiger partial charge in [0.25, 0.3) is 5.76 Å². The van der Waals surface area contributed by atoms with Crippen LogP contribution in [0.25, 0.3) is 0 Å². The zero-order chi connectivity index (χ0) is 14.9. The molecule has 6 heteroatoms. The fraction of sp³-hybridized carbons (Fsp3) is 0.733. The van der Waals surface area contributed by atoms with Crippen molar-refractivity contribution in [2.45, 2.75) is 43.7 Å². The minimum Gasteiger partial charge on any atom is -0.464 e. The van der Waals surface area contributed by atoms with E-state index in [1.807, 2.05) is 6.07 Å². The number of hydrogen-bond donors (Lipinski definition) is 1. The molecule has 1 aromatic heterocycles. The van der Waals surface area contributed by atoms with Crippen LogP contribution in [0.1, 0.15) is 37.2 Å². The molecular weight excluding hydrogens is 294 g/mol. The van der Waals surface area contributed by atoms with Gasteiger partial charge in [-0.3, -0.25) is 0 Å². The standard InChI is InChI=1S/C15H24F2N2OS/c16-15(17)21-12-14-6-5-13(20-14)11-18-7-10-19-8-3-1-2-4-9-19/h5-6,15,18H,1-4,7-12H2. The van der Waals surface area contributed by atoms with Gasteiger partial charge in [-0.2, -0.15) is 8.78 Å². The van der Waals surface area contributed by atoms with Crippen LogP contribution in [-0.2, 0) is 12.3 Å². The zero-order valence-electron chi connectivity index (χ0n) is 12.3. The number of halogens is 2. The Balaban J connectivity index is 1.59. The molecule has 1 aromatic rings. The van der Waals surface area contributed by atoms with Gasteiger partial charge in [0.15, 0.2) is 0 Å². The van der Waals surface area contributed by atoms with Crippen LogP contribution in [0, 0.1) is 0 Å². The van der Waals surface area contributed by atoms with E-state index in [0.717, 1.165) is 18.8 Å². The molecule has 1 saturated heterocycles. The predicted octanol–water partition coefficient (Wildman–Crippen LogP) is 3.70. The predicted molar refractivity (Wildman–Crippen MR) is 82.6 cm³/mol. The Morgan fingerprint density at radius 3 is 2.57 bits per heavy atom. The molecule has 0 spiro atoms. The fourth-order valence-corrected chi connectivity index (χ4v) is 2.99. The molecular formula is C15H24F2N2OS. The number of furan rings is 1. The van der Waals surface area contributed by atoms with Gasteiger partial charge in [-0.05, 0) is 38.1 Å². The third-order valence-corrected chi connectivity index (χ3v) is 4.37. The SMILES string of the molecule is FC(F)SCc1ccc(CNCCN2CCCCCC2)o1. The highest BCUT2D eigenvalue weighted by Gasteiger charge is 2.09. The van der Waals surface area contributed by atoms with Crippen molar-refractivity contribution in [3.8, 4) is 0 Å². The van der Waals surface area contributed by atoms with E-state index in [1.165, 1.54) is 38.8 Å². The van der Waals surface area contributed by atoms with E-state index in [2.05, 4.69) is 10.2 Å². The largest absolute Gasteiger partial charge is 0.464 e. The molecule has 21 heavy (non-hydrogen) atoms. The molecule has 1 aliphatic heterocycles. The van der Waals surface area contributed by atoms with Gasteiger partial charge < -0.3 is 14.6 Å². The lowest BCUT2D eigenvalue weighted by molar-refractivity contribution is 0.251. The van der Waals surface area contributed by atoms with Crippen LogP contribution in [-0.4, -0.2) is 36.8 Å². The summed E-state index contributed by atoms with van der Waals surface area (Å²) in [4.78, 5) is 2.51. The normalized spacial score (nSPS) is 17.3. The zero-order valence-corrected chi connectivity index (χ0v) is 13.1. The first-order valence-electron chi connectivity index (χ1n) is 7.64. The lowest BCUT2D eigenvalue weighted by atomic mass is 10.2. The maximum atomic E-state index is 12.1. The summed E-state index contributed by atoms with van der Waals surface area (Å²) in [5.41, 5.74) is 0. The summed E-state index contributed by atoms with van der Waals surface area (Å²) in [6, 6.07) is 3.64. The van der Waals surface area contributed by atoms with Crippen molar-refractivity contribution >= 4 is 11.8 Å². The first-order chi connectivity index (χ1) is 10.2. The van der Waals surface area contributed by atoms with E-state index < -0.39 is 5.76 Å². The smallest absolute Gasteiger partial charge is 0.284 e. The first kappa shape index (κ1) is 16.8. The molecule has 3 nitrogen and oxygen atoms in total. The van der Waals surface area contributed by atoms with Crippen LogP contribution in [0.5, 0.6) is 0 Å². The molecule has 2 rings (SSSR count). The molecule has 0 radical (unpaired) electrons. The second kappa shape index (κ2) is 9.43. The number of thioether (sulfide) groups is 1. The molecule has 0 saturated carbocycles. The van der Waals surface area contributed by atoms with Crippen molar-refractivity contribution in [2.24, 2.45) is 0 Å². The van der Waals surface area contributed by atoms with Crippen LogP contribution in [0.3, 0.4) is 0 Å². The Morgan fingerprint density at radius 1 is 1.14 bits per heavy atom. The molecule has 120 valence electrons. The molecule has 0 bridgehead atoms. The molecule has 1 fully saturated rings. The second-order valence-electron chi connectivity index (χ2n) is 5.37. The maximum Gasteiger partial charge on any atom is 0.284 e. The molecule has 0 aliphatic carbocycles.